The van der Waals surface area contributed by atoms with E-state index in [4.69, 9.17) is 0 Å². The van der Waals surface area contributed by atoms with Crippen molar-refractivity contribution in [1.82, 2.24) is 10.3 Å². The second kappa shape index (κ2) is 4.06. The van der Waals surface area contributed by atoms with Crippen molar-refractivity contribution in [3.05, 3.63) is 24.5 Å². The van der Waals surface area contributed by atoms with Gasteiger partial charge in [-0.15, -0.1) is 0 Å². The van der Waals surface area contributed by atoms with Gasteiger partial charge in [0.2, 0.25) is 0 Å². The molecule has 2 fully saturated rings. The number of piperidine rings is 1. The molecule has 1 aromatic rings. The Morgan fingerprint density at radius 2 is 2.31 bits per heavy atom. The van der Waals surface area contributed by atoms with Gasteiger partial charge in [0.05, 0.1) is 11.9 Å². The Labute approximate surface area is 96.9 Å². The van der Waals surface area contributed by atoms with Crippen LogP contribution in [0.1, 0.15) is 25.7 Å². The number of anilines is 1. The van der Waals surface area contributed by atoms with E-state index in [1.54, 1.807) is 0 Å². The maximum atomic E-state index is 4.20. The molecule has 3 heteroatoms. The second-order valence-corrected chi connectivity index (χ2v) is 5.05. The van der Waals surface area contributed by atoms with Crippen LogP contribution in [0.5, 0.6) is 0 Å². The minimum atomic E-state index is 0.397. The number of rotatable bonds is 1. The molecule has 3 heterocycles. The summed E-state index contributed by atoms with van der Waals surface area (Å²) in [7, 11) is 0. The Morgan fingerprint density at radius 1 is 1.31 bits per heavy atom. The van der Waals surface area contributed by atoms with Crippen LogP contribution in [-0.2, 0) is 0 Å². The highest BCUT2D eigenvalue weighted by molar-refractivity contribution is 5.46. The molecule has 1 N–H and O–H groups in total. The fourth-order valence-corrected chi connectivity index (χ4v) is 3.01. The Bertz CT molecular complexity index is 343. The molecule has 2 aliphatic heterocycles. The summed E-state index contributed by atoms with van der Waals surface area (Å²) in [5, 5.41) is 3.73. The fourth-order valence-electron chi connectivity index (χ4n) is 3.01. The molecular weight excluding hydrogens is 198 g/mol. The van der Waals surface area contributed by atoms with Gasteiger partial charge in [-0.3, -0.25) is 4.98 Å². The number of aromatic nitrogens is 1. The third-order valence-electron chi connectivity index (χ3n) is 3.95. The van der Waals surface area contributed by atoms with E-state index in [9.17, 15) is 0 Å². The third-order valence-corrected chi connectivity index (χ3v) is 3.95. The third kappa shape index (κ3) is 1.80. The van der Waals surface area contributed by atoms with Crippen molar-refractivity contribution in [3.63, 3.8) is 0 Å². The monoisotopic (exact) mass is 217 g/mol. The number of nitrogens with zero attached hydrogens (tertiary/aromatic N) is 2. The van der Waals surface area contributed by atoms with E-state index in [1.807, 2.05) is 18.5 Å². The van der Waals surface area contributed by atoms with Crippen molar-refractivity contribution in [2.75, 3.05) is 24.5 Å². The molecule has 2 aliphatic rings. The first kappa shape index (κ1) is 10.1. The van der Waals surface area contributed by atoms with Crippen LogP contribution < -0.4 is 10.2 Å². The van der Waals surface area contributed by atoms with Crippen molar-refractivity contribution < 1.29 is 0 Å². The Balaban J connectivity index is 1.73. The summed E-state index contributed by atoms with van der Waals surface area (Å²) in [6, 6.07) is 4.18. The molecule has 0 aliphatic carbocycles. The highest BCUT2D eigenvalue weighted by atomic mass is 15.2. The minimum Gasteiger partial charge on any atom is -0.368 e. The van der Waals surface area contributed by atoms with Gasteiger partial charge in [-0.25, -0.2) is 0 Å². The fraction of sp³-hybridized carbons (Fsp3) is 0.615. The van der Waals surface area contributed by atoms with Crippen molar-refractivity contribution in [2.45, 2.75) is 31.2 Å². The summed E-state index contributed by atoms with van der Waals surface area (Å²) in [6.07, 6.45) is 9.16. The number of hydrogen-bond donors (Lipinski definition) is 1. The maximum absolute atomic E-state index is 4.20. The molecule has 0 radical (unpaired) electrons. The predicted molar refractivity (Wildman–Crippen MR) is 65.7 cm³/mol. The molecule has 1 atom stereocenters. The molecule has 0 saturated carbocycles. The predicted octanol–water partition coefficient (Wildman–Crippen LogP) is 1.80. The van der Waals surface area contributed by atoms with Crippen molar-refractivity contribution >= 4 is 5.69 Å². The summed E-state index contributed by atoms with van der Waals surface area (Å²) in [5.41, 5.74) is 1.67. The van der Waals surface area contributed by atoms with Gasteiger partial charge in [-0.2, -0.15) is 0 Å². The molecule has 1 unspecified atom stereocenters. The summed E-state index contributed by atoms with van der Waals surface area (Å²) in [6.45, 7) is 3.51. The lowest BCUT2D eigenvalue weighted by atomic mass is 9.88. The van der Waals surface area contributed by atoms with Gasteiger partial charge in [0.15, 0.2) is 0 Å². The Morgan fingerprint density at radius 3 is 3.06 bits per heavy atom. The first-order valence-electron chi connectivity index (χ1n) is 6.28. The normalized spacial score (nSPS) is 29.9. The van der Waals surface area contributed by atoms with E-state index in [0.717, 1.165) is 6.54 Å². The van der Waals surface area contributed by atoms with Crippen molar-refractivity contribution in [2.24, 2.45) is 0 Å². The number of hydrogen-bond acceptors (Lipinski definition) is 3. The smallest absolute Gasteiger partial charge is 0.0553 e. The highest BCUT2D eigenvalue weighted by Gasteiger charge is 2.38. The van der Waals surface area contributed by atoms with Crippen LogP contribution in [0.2, 0.25) is 0 Å². The van der Waals surface area contributed by atoms with Crippen LogP contribution in [0.15, 0.2) is 24.5 Å². The lowest BCUT2D eigenvalue weighted by Crippen LogP contribution is -2.50. The zero-order valence-electron chi connectivity index (χ0n) is 9.65. The van der Waals surface area contributed by atoms with Crippen LogP contribution in [-0.4, -0.2) is 30.2 Å². The van der Waals surface area contributed by atoms with E-state index < -0.39 is 0 Å². The molecule has 2 saturated heterocycles. The largest absolute Gasteiger partial charge is 0.368 e. The molecule has 3 nitrogen and oxygen atoms in total. The van der Waals surface area contributed by atoms with E-state index in [-0.39, 0.29) is 0 Å². The van der Waals surface area contributed by atoms with Crippen LogP contribution >= 0.6 is 0 Å². The summed E-state index contributed by atoms with van der Waals surface area (Å²) in [4.78, 5) is 6.66. The van der Waals surface area contributed by atoms with Gasteiger partial charge in [-0.05, 0) is 37.9 Å². The summed E-state index contributed by atoms with van der Waals surface area (Å²) in [5.74, 6) is 0. The maximum Gasteiger partial charge on any atom is 0.0553 e. The van der Waals surface area contributed by atoms with Crippen LogP contribution in [0.3, 0.4) is 0 Å². The molecule has 3 rings (SSSR count). The van der Waals surface area contributed by atoms with Gasteiger partial charge < -0.3 is 10.2 Å². The lowest BCUT2D eigenvalue weighted by Gasteiger charge is -2.35. The van der Waals surface area contributed by atoms with Crippen LogP contribution in [0, 0.1) is 0 Å². The summed E-state index contributed by atoms with van der Waals surface area (Å²) < 4.78 is 0. The average Bonchev–Trinajstić information content (AvgIpc) is 2.75. The first-order chi connectivity index (χ1) is 7.88. The average molecular weight is 217 g/mol. The second-order valence-electron chi connectivity index (χ2n) is 5.05. The lowest BCUT2D eigenvalue weighted by molar-refractivity contribution is 0.280. The number of nitrogens with one attached hydrogen (secondary N) is 1. The van der Waals surface area contributed by atoms with Gasteiger partial charge >= 0.3 is 0 Å². The zero-order valence-corrected chi connectivity index (χ0v) is 9.65. The SMILES string of the molecule is c1cncc(N2CCC3(CCCCN3)C2)c1. The van der Waals surface area contributed by atoms with Gasteiger partial charge in [-0.1, -0.05) is 6.42 Å². The summed E-state index contributed by atoms with van der Waals surface area (Å²) >= 11 is 0. The molecule has 1 aromatic heterocycles. The van der Waals surface area contributed by atoms with Crippen LogP contribution in [0.4, 0.5) is 5.69 Å². The van der Waals surface area contributed by atoms with E-state index in [1.165, 1.54) is 44.5 Å². The van der Waals surface area contributed by atoms with Gasteiger partial charge in [0, 0.05) is 24.8 Å². The quantitative estimate of drug-likeness (QED) is 0.777. The zero-order chi connectivity index (χ0) is 10.8. The van der Waals surface area contributed by atoms with E-state index in [0.29, 0.717) is 5.54 Å². The highest BCUT2D eigenvalue weighted by Crippen LogP contribution is 2.31. The molecule has 16 heavy (non-hydrogen) atoms. The standard InChI is InChI=1S/C13H19N3/c1-2-8-15-13(5-1)6-9-16(11-13)12-4-3-7-14-10-12/h3-4,7,10,15H,1-2,5-6,8-9,11H2. The van der Waals surface area contributed by atoms with Gasteiger partial charge in [0.25, 0.3) is 0 Å². The van der Waals surface area contributed by atoms with Crippen molar-refractivity contribution in [3.8, 4) is 0 Å². The van der Waals surface area contributed by atoms with Gasteiger partial charge in [0.1, 0.15) is 0 Å². The van der Waals surface area contributed by atoms with E-state index >= 15 is 0 Å². The Hall–Kier alpha value is -1.09. The molecule has 0 amide bonds. The minimum absolute atomic E-state index is 0.397. The molecular formula is C13H19N3. The molecule has 1 spiro atoms. The Kier molecular flexibility index (Phi) is 2.56. The molecule has 0 bridgehead atoms. The number of pyridine rings is 1. The first-order valence-corrected chi connectivity index (χ1v) is 6.28. The van der Waals surface area contributed by atoms with E-state index in [2.05, 4.69) is 21.3 Å². The molecule has 86 valence electrons. The van der Waals surface area contributed by atoms with Crippen LogP contribution in [0.25, 0.3) is 0 Å². The topological polar surface area (TPSA) is 28.2 Å². The molecule has 0 aromatic carbocycles. The van der Waals surface area contributed by atoms with Crippen molar-refractivity contribution in [1.29, 1.82) is 0 Å².